The van der Waals surface area contributed by atoms with Gasteiger partial charge in [0.1, 0.15) is 5.82 Å². The summed E-state index contributed by atoms with van der Waals surface area (Å²) < 4.78 is 0. The first-order valence-electron chi connectivity index (χ1n) is 7.42. The molecule has 7 nitrogen and oxygen atoms in total. The first-order chi connectivity index (χ1) is 10.9. The van der Waals surface area contributed by atoms with Gasteiger partial charge in [-0.3, -0.25) is 4.79 Å². The highest BCUT2D eigenvalue weighted by Gasteiger charge is 2.11. The van der Waals surface area contributed by atoms with Crippen molar-refractivity contribution in [1.82, 2.24) is 15.0 Å². The molecule has 1 heterocycles. The molecule has 7 heteroatoms. The number of benzene rings is 1. The van der Waals surface area contributed by atoms with Crippen LogP contribution in [0.25, 0.3) is 0 Å². The monoisotopic (exact) mass is 314 g/mol. The predicted octanol–water partition coefficient (Wildman–Crippen LogP) is 1.77. The Hall–Kier alpha value is -2.70. The van der Waals surface area contributed by atoms with Crippen molar-refractivity contribution in [2.45, 2.75) is 26.3 Å². The Labute approximate surface area is 136 Å². The number of rotatable bonds is 6. The summed E-state index contributed by atoms with van der Waals surface area (Å²) in [6, 6.07) is 7.16. The maximum Gasteiger partial charge on any atom is 0.248 e. The summed E-state index contributed by atoms with van der Waals surface area (Å²) in [4.78, 5) is 26.3. The quantitative estimate of drug-likeness (QED) is 0.843. The summed E-state index contributed by atoms with van der Waals surface area (Å²) in [5, 5.41) is 3.18. The van der Waals surface area contributed by atoms with Gasteiger partial charge < -0.3 is 16.0 Å². The number of nitrogens with two attached hydrogens (primary N) is 1. The molecule has 23 heavy (non-hydrogen) atoms. The summed E-state index contributed by atoms with van der Waals surface area (Å²) in [5.74, 6) is 1.62. The van der Waals surface area contributed by atoms with Crippen LogP contribution in [0.3, 0.4) is 0 Å². The molecular formula is C16H22N6O. The van der Waals surface area contributed by atoms with Gasteiger partial charge in [-0.1, -0.05) is 26.0 Å². The van der Waals surface area contributed by atoms with Crippen LogP contribution in [0.2, 0.25) is 0 Å². The number of nitrogens with zero attached hydrogens (tertiary/aromatic N) is 4. The smallest absolute Gasteiger partial charge is 0.248 e. The zero-order valence-electron chi connectivity index (χ0n) is 13.9. The van der Waals surface area contributed by atoms with Crippen molar-refractivity contribution in [3.8, 4) is 0 Å². The molecule has 0 aliphatic rings. The van der Waals surface area contributed by atoms with Crippen molar-refractivity contribution in [1.29, 1.82) is 0 Å². The molecule has 0 bridgehead atoms. The van der Waals surface area contributed by atoms with Gasteiger partial charge >= 0.3 is 0 Å². The molecule has 2 rings (SSSR count). The standard InChI is InChI=1S/C16H22N6O/c1-10(2)14-19-15(21-16(20-14)22(3)4)18-9-11-6-5-7-12(8-11)13(17)23/h5-8,10H,9H2,1-4H3,(H2,17,23)(H,18,19,20,21). The normalized spacial score (nSPS) is 10.7. The lowest BCUT2D eigenvalue weighted by atomic mass is 10.1. The van der Waals surface area contributed by atoms with E-state index >= 15 is 0 Å². The number of hydrogen-bond acceptors (Lipinski definition) is 6. The van der Waals surface area contributed by atoms with E-state index in [1.165, 1.54) is 0 Å². The summed E-state index contributed by atoms with van der Waals surface area (Å²) in [6.45, 7) is 4.57. The van der Waals surface area contributed by atoms with Crippen LogP contribution in [0.4, 0.5) is 11.9 Å². The van der Waals surface area contributed by atoms with Crippen molar-refractivity contribution in [3.05, 3.63) is 41.2 Å². The lowest BCUT2D eigenvalue weighted by Gasteiger charge is -2.15. The highest BCUT2D eigenvalue weighted by Crippen LogP contribution is 2.15. The average molecular weight is 314 g/mol. The Bertz CT molecular complexity index is 672. The Kier molecular flexibility index (Phi) is 5.10. The van der Waals surface area contributed by atoms with Gasteiger partial charge in [-0.2, -0.15) is 15.0 Å². The Balaban J connectivity index is 2.19. The Morgan fingerprint density at radius 3 is 2.61 bits per heavy atom. The third kappa shape index (κ3) is 4.38. The van der Waals surface area contributed by atoms with Gasteiger partial charge in [-0.05, 0) is 17.7 Å². The van der Waals surface area contributed by atoms with Crippen LogP contribution < -0.4 is 16.0 Å². The summed E-state index contributed by atoms with van der Waals surface area (Å²) >= 11 is 0. The van der Waals surface area contributed by atoms with Crippen LogP contribution in [-0.4, -0.2) is 35.0 Å². The van der Waals surface area contributed by atoms with Crippen LogP contribution in [0.15, 0.2) is 24.3 Å². The molecule has 1 aromatic heterocycles. The molecule has 2 aromatic rings. The second-order valence-electron chi connectivity index (χ2n) is 5.78. The van der Waals surface area contributed by atoms with E-state index in [1.54, 1.807) is 18.2 Å². The highest BCUT2D eigenvalue weighted by atomic mass is 16.1. The molecule has 0 atom stereocenters. The Morgan fingerprint density at radius 2 is 2.00 bits per heavy atom. The van der Waals surface area contributed by atoms with Crippen molar-refractivity contribution in [2.24, 2.45) is 5.73 Å². The van der Waals surface area contributed by atoms with Crippen LogP contribution in [0.1, 0.15) is 41.5 Å². The minimum absolute atomic E-state index is 0.204. The van der Waals surface area contributed by atoms with Gasteiger partial charge in [0.05, 0.1) is 0 Å². The van der Waals surface area contributed by atoms with Crippen molar-refractivity contribution < 1.29 is 4.79 Å². The van der Waals surface area contributed by atoms with E-state index in [-0.39, 0.29) is 5.92 Å². The Morgan fingerprint density at radius 1 is 1.26 bits per heavy atom. The van der Waals surface area contributed by atoms with Crippen LogP contribution in [0.5, 0.6) is 0 Å². The van der Waals surface area contributed by atoms with E-state index < -0.39 is 5.91 Å². The molecule has 0 saturated carbocycles. The van der Waals surface area contributed by atoms with Gasteiger partial charge in [0, 0.05) is 32.1 Å². The van der Waals surface area contributed by atoms with Gasteiger partial charge in [-0.25, -0.2) is 0 Å². The largest absolute Gasteiger partial charge is 0.366 e. The average Bonchev–Trinajstić information content (AvgIpc) is 2.52. The van der Waals surface area contributed by atoms with Gasteiger partial charge in [0.25, 0.3) is 0 Å². The second kappa shape index (κ2) is 7.04. The minimum atomic E-state index is -0.441. The number of nitrogens with one attached hydrogen (secondary N) is 1. The first kappa shape index (κ1) is 16.7. The van der Waals surface area contributed by atoms with Gasteiger partial charge in [0.2, 0.25) is 17.8 Å². The molecule has 0 unspecified atom stereocenters. The summed E-state index contributed by atoms with van der Waals surface area (Å²) in [7, 11) is 3.78. The molecule has 0 fully saturated rings. The van der Waals surface area contributed by atoms with E-state index in [9.17, 15) is 4.79 Å². The SMILES string of the molecule is CC(C)c1nc(NCc2cccc(C(N)=O)c2)nc(N(C)C)n1. The predicted molar refractivity (Wildman–Crippen MR) is 90.5 cm³/mol. The zero-order chi connectivity index (χ0) is 17.0. The van der Waals surface area contributed by atoms with Crippen LogP contribution in [-0.2, 0) is 6.54 Å². The summed E-state index contributed by atoms with van der Waals surface area (Å²) in [6.07, 6.45) is 0. The number of amides is 1. The van der Waals surface area contributed by atoms with E-state index in [4.69, 9.17) is 5.73 Å². The lowest BCUT2D eigenvalue weighted by molar-refractivity contribution is 0.1000. The lowest BCUT2D eigenvalue weighted by Crippen LogP contribution is -2.17. The molecule has 0 aliphatic heterocycles. The van der Waals surface area contributed by atoms with Gasteiger partial charge in [-0.15, -0.1) is 0 Å². The fourth-order valence-electron chi connectivity index (χ4n) is 1.93. The first-order valence-corrected chi connectivity index (χ1v) is 7.42. The number of aromatic nitrogens is 3. The number of primary amides is 1. The number of carbonyl (C=O) groups excluding carboxylic acids is 1. The molecule has 0 aliphatic carbocycles. The zero-order valence-corrected chi connectivity index (χ0v) is 13.9. The van der Waals surface area contributed by atoms with E-state index in [1.807, 2.05) is 38.9 Å². The minimum Gasteiger partial charge on any atom is -0.366 e. The fourth-order valence-corrected chi connectivity index (χ4v) is 1.93. The molecule has 3 N–H and O–H groups in total. The molecule has 1 amide bonds. The molecule has 0 spiro atoms. The molecule has 0 radical (unpaired) electrons. The van der Waals surface area contributed by atoms with E-state index in [0.29, 0.717) is 24.0 Å². The topological polar surface area (TPSA) is 97.0 Å². The van der Waals surface area contributed by atoms with E-state index in [0.717, 1.165) is 11.4 Å². The van der Waals surface area contributed by atoms with Gasteiger partial charge in [0.15, 0.2) is 0 Å². The molecular weight excluding hydrogens is 292 g/mol. The van der Waals surface area contributed by atoms with Crippen molar-refractivity contribution in [2.75, 3.05) is 24.3 Å². The second-order valence-corrected chi connectivity index (χ2v) is 5.78. The molecule has 1 aromatic carbocycles. The number of hydrogen-bond donors (Lipinski definition) is 2. The van der Waals surface area contributed by atoms with Crippen LogP contribution >= 0.6 is 0 Å². The van der Waals surface area contributed by atoms with Crippen LogP contribution in [0, 0.1) is 0 Å². The number of carbonyl (C=O) groups is 1. The maximum atomic E-state index is 11.2. The fraction of sp³-hybridized carbons (Fsp3) is 0.375. The van der Waals surface area contributed by atoms with Crippen molar-refractivity contribution >= 4 is 17.8 Å². The third-order valence-electron chi connectivity index (χ3n) is 3.22. The van der Waals surface area contributed by atoms with E-state index in [2.05, 4.69) is 20.3 Å². The summed E-state index contributed by atoms with van der Waals surface area (Å²) in [5.41, 5.74) is 6.71. The number of anilines is 2. The third-order valence-corrected chi connectivity index (χ3v) is 3.22. The molecule has 0 saturated heterocycles. The molecule has 122 valence electrons. The maximum absolute atomic E-state index is 11.2. The highest BCUT2D eigenvalue weighted by molar-refractivity contribution is 5.92. The van der Waals surface area contributed by atoms with Crippen molar-refractivity contribution in [3.63, 3.8) is 0 Å².